The van der Waals surface area contributed by atoms with Gasteiger partial charge >= 0.3 is 0 Å². The number of nitrogens with one attached hydrogen (secondary N) is 2. The van der Waals surface area contributed by atoms with Gasteiger partial charge in [0.1, 0.15) is 5.76 Å². The minimum atomic E-state index is 0.126. The van der Waals surface area contributed by atoms with Crippen LogP contribution in [0.3, 0.4) is 0 Å². The molecule has 138 valence electrons. The lowest BCUT2D eigenvalue weighted by atomic mass is 10.2. The molecular formula is C19H30N4OS. The van der Waals surface area contributed by atoms with Gasteiger partial charge in [-0.25, -0.2) is 0 Å². The molecule has 5 nitrogen and oxygen atoms in total. The molecule has 25 heavy (non-hydrogen) atoms. The molecule has 0 aromatic carbocycles. The van der Waals surface area contributed by atoms with Crippen LogP contribution in [-0.4, -0.2) is 44.1 Å². The predicted octanol–water partition coefficient (Wildman–Crippen LogP) is 3.44. The second-order valence-electron chi connectivity index (χ2n) is 6.48. The molecule has 0 bridgehead atoms. The third kappa shape index (κ3) is 6.21. The first-order valence-electron chi connectivity index (χ1n) is 8.79. The largest absolute Gasteiger partial charge is 0.468 e. The highest BCUT2D eigenvalue weighted by Gasteiger charge is 2.17. The number of aryl methyl sites for hydroxylation is 1. The van der Waals surface area contributed by atoms with Crippen LogP contribution in [0.4, 0.5) is 0 Å². The normalized spacial score (nSPS) is 14.6. The molecule has 0 fully saturated rings. The molecule has 2 unspecified atom stereocenters. The van der Waals surface area contributed by atoms with Crippen molar-refractivity contribution in [3.05, 3.63) is 46.0 Å². The molecule has 2 N–H and O–H groups in total. The van der Waals surface area contributed by atoms with Gasteiger partial charge in [0.25, 0.3) is 0 Å². The van der Waals surface area contributed by atoms with Crippen molar-refractivity contribution in [2.45, 2.75) is 39.3 Å². The number of furan rings is 1. The molecule has 2 rings (SSSR count). The van der Waals surface area contributed by atoms with Crippen molar-refractivity contribution >= 4 is 17.3 Å². The monoisotopic (exact) mass is 362 g/mol. The quantitative estimate of drug-likeness (QED) is 0.558. The van der Waals surface area contributed by atoms with Gasteiger partial charge in [0.2, 0.25) is 0 Å². The summed E-state index contributed by atoms with van der Waals surface area (Å²) in [7, 11) is 4.09. The van der Waals surface area contributed by atoms with Gasteiger partial charge in [-0.3, -0.25) is 9.89 Å². The first kappa shape index (κ1) is 19.5. The lowest BCUT2D eigenvalue weighted by molar-refractivity contribution is 0.265. The summed E-state index contributed by atoms with van der Waals surface area (Å²) in [4.78, 5) is 9.66. The zero-order valence-electron chi connectivity index (χ0n) is 15.9. The maximum Gasteiger partial charge on any atom is 0.191 e. The summed E-state index contributed by atoms with van der Waals surface area (Å²) < 4.78 is 5.56. The smallest absolute Gasteiger partial charge is 0.191 e. The average Bonchev–Trinajstić information content (AvgIpc) is 3.19. The third-order valence-electron chi connectivity index (χ3n) is 3.95. The van der Waals surface area contributed by atoms with E-state index in [4.69, 9.17) is 9.41 Å². The molecule has 2 aromatic rings. The Morgan fingerprint density at radius 2 is 2.12 bits per heavy atom. The fourth-order valence-electron chi connectivity index (χ4n) is 2.67. The van der Waals surface area contributed by atoms with E-state index in [1.165, 1.54) is 9.75 Å². The van der Waals surface area contributed by atoms with E-state index < -0.39 is 0 Å². The molecule has 2 aromatic heterocycles. The van der Waals surface area contributed by atoms with Gasteiger partial charge in [-0.1, -0.05) is 0 Å². The van der Waals surface area contributed by atoms with Crippen molar-refractivity contribution in [3.8, 4) is 0 Å². The van der Waals surface area contributed by atoms with Crippen LogP contribution >= 0.6 is 11.3 Å². The van der Waals surface area contributed by atoms with Gasteiger partial charge in [-0.2, -0.15) is 0 Å². The van der Waals surface area contributed by atoms with Crippen LogP contribution in [0.2, 0.25) is 0 Å². The Kier molecular flexibility index (Phi) is 7.52. The zero-order chi connectivity index (χ0) is 18.2. The Morgan fingerprint density at radius 3 is 2.68 bits per heavy atom. The Bertz CT molecular complexity index is 648. The van der Waals surface area contributed by atoms with Crippen LogP contribution < -0.4 is 10.6 Å². The lowest BCUT2D eigenvalue weighted by Gasteiger charge is -2.22. The Morgan fingerprint density at radius 1 is 1.32 bits per heavy atom. The van der Waals surface area contributed by atoms with Gasteiger partial charge in [-0.15, -0.1) is 11.3 Å². The van der Waals surface area contributed by atoms with E-state index in [2.05, 4.69) is 48.4 Å². The number of hydrogen-bond acceptors (Lipinski definition) is 4. The summed E-state index contributed by atoms with van der Waals surface area (Å²) >= 11 is 1.86. The van der Waals surface area contributed by atoms with Crippen LogP contribution in [-0.2, 0) is 6.42 Å². The molecule has 0 amide bonds. The highest BCUT2D eigenvalue weighted by atomic mass is 32.1. The minimum Gasteiger partial charge on any atom is -0.468 e. The fourth-order valence-corrected chi connectivity index (χ4v) is 3.69. The maximum absolute atomic E-state index is 5.56. The van der Waals surface area contributed by atoms with Crippen LogP contribution in [0.25, 0.3) is 0 Å². The summed E-state index contributed by atoms with van der Waals surface area (Å²) in [6.45, 7) is 7.90. The van der Waals surface area contributed by atoms with E-state index in [0.29, 0.717) is 12.6 Å². The number of rotatable bonds is 8. The van der Waals surface area contributed by atoms with E-state index >= 15 is 0 Å². The number of likely N-dealkylation sites (N-methyl/N-ethyl adjacent to an activating group) is 1. The summed E-state index contributed by atoms with van der Waals surface area (Å²) in [5.41, 5.74) is 0. The summed E-state index contributed by atoms with van der Waals surface area (Å²) in [5, 5.41) is 6.85. The molecule has 0 aliphatic heterocycles. The van der Waals surface area contributed by atoms with Crippen LogP contribution in [0.5, 0.6) is 0 Å². The van der Waals surface area contributed by atoms with Gasteiger partial charge in [0.05, 0.1) is 18.8 Å². The Labute approximate surface area is 155 Å². The maximum atomic E-state index is 5.56. The Balaban J connectivity index is 1.99. The van der Waals surface area contributed by atoms with Crippen LogP contribution in [0.1, 0.15) is 35.4 Å². The van der Waals surface area contributed by atoms with Crippen molar-refractivity contribution in [3.63, 3.8) is 0 Å². The fraction of sp³-hybridized carbons (Fsp3) is 0.526. The van der Waals surface area contributed by atoms with Crippen molar-refractivity contribution in [1.29, 1.82) is 0 Å². The van der Waals surface area contributed by atoms with E-state index in [0.717, 1.165) is 24.7 Å². The van der Waals surface area contributed by atoms with Gasteiger partial charge < -0.3 is 15.1 Å². The number of nitrogens with zero attached hydrogens (tertiary/aromatic N) is 2. The Hall–Kier alpha value is -1.79. The third-order valence-corrected chi connectivity index (χ3v) is 4.97. The average molecular weight is 363 g/mol. The van der Waals surface area contributed by atoms with E-state index in [1.54, 1.807) is 6.26 Å². The van der Waals surface area contributed by atoms with Gasteiger partial charge in [0.15, 0.2) is 5.96 Å². The summed E-state index contributed by atoms with van der Waals surface area (Å²) in [6, 6.07) is 8.75. The molecule has 6 heteroatoms. The van der Waals surface area contributed by atoms with Crippen molar-refractivity contribution in [1.82, 2.24) is 15.5 Å². The van der Waals surface area contributed by atoms with Gasteiger partial charge in [-0.05, 0) is 59.1 Å². The lowest BCUT2D eigenvalue weighted by Crippen LogP contribution is -2.43. The molecule has 0 aliphatic rings. The molecule has 0 saturated carbocycles. The number of aliphatic imine (C=N–C) groups is 1. The molecule has 0 aliphatic carbocycles. The summed E-state index contributed by atoms with van der Waals surface area (Å²) in [6.07, 6.45) is 2.71. The van der Waals surface area contributed by atoms with Crippen molar-refractivity contribution in [2.75, 3.05) is 27.2 Å². The first-order valence-corrected chi connectivity index (χ1v) is 9.61. The topological polar surface area (TPSA) is 52.8 Å². The van der Waals surface area contributed by atoms with Crippen LogP contribution in [0.15, 0.2) is 39.9 Å². The molecule has 0 radical (unpaired) electrons. The van der Waals surface area contributed by atoms with E-state index in [1.807, 2.05) is 37.6 Å². The molecule has 2 heterocycles. The predicted molar refractivity (Wildman–Crippen MR) is 106 cm³/mol. The zero-order valence-corrected chi connectivity index (χ0v) is 16.7. The summed E-state index contributed by atoms with van der Waals surface area (Å²) in [5.74, 6) is 1.79. The van der Waals surface area contributed by atoms with E-state index in [9.17, 15) is 0 Å². The standard InChI is InChI=1S/C19H30N4OS/c1-6-20-19(22-14(2)12-16-10-9-15(3)25-16)21-13-17(23(4)5)18-8-7-11-24-18/h7-11,14,17H,6,12-13H2,1-5H3,(H2,20,21,22). The molecule has 0 spiro atoms. The second kappa shape index (κ2) is 9.63. The number of guanidine groups is 1. The number of hydrogen-bond donors (Lipinski definition) is 2. The van der Waals surface area contributed by atoms with Crippen molar-refractivity contribution in [2.24, 2.45) is 4.99 Å². The molecular weight excluding hydrogens is 332 g/mol. The highest BCUT2D eigenvalue weighted by Crippen LogP contribution is 2.19. The second-order valence-corrected chi connectivity index (χ2v) is 7.85. The minimum absolute atomic E-state index is 0.126. The van der Waals surface area contributed by atoms with Crippen LogP contribution in [0, 0.1) is 6.92 Å². The number of thiophene rings is 1. The molecule has 0 saturated heterocycles. The molecule has 2 atom stereocenters. The van der Waals surface area contributed by atoms with E-state index in [-0.39, 0.29) is 6.04 Å². The SMILES string of the molecule is CCNC(=NCC(c1ccco1)N(C)C)NC(C)Cc1ccc(C)s1. The van der Waals surface area contributed by atoms with Crippen molar-refractivity contribution < 1.29 is 4.42 Å². The highest BCUT2D eigenvalue weighted by molar-refractivity contribution is 7.11. The van der Waals surface area contributed by atoms with Gasteiger partial charge in [0, 0.05) is 28.8 Å². The first-order chi connectivity index (χ1) is 12.0.